The van der Waals surface area contributed by atoms with E-state index < -0.39 is 11.7 Å². The number of piperazine rings is 1. The van der Waals surface area contributed by atoms with E-state index in [0.29, 0.717) is 48.9 Å². The van der Waals surface area contributed by atoms with Crippen molar-refractivity contribution >= 4 is 11.6 Å². The highest BCUT2D eigenvalue weighted by Gasteiger charge is 2.32. The molecule has 0 N–H and O–H groups in total. The van der Waals surface area contributed by atoms with E-state index >= 15 is 0 Å². The third-order valence-electron chi connectivity index (χ3n) is 6.00. The number of halogens is 4. The summed E-state index contributed by atoms with van der Waals surface area (Å²) in [5.41, 5.74) is 0.753. The van der Waals surface area contributed by atoms with Crippen molar-refractivity contribution in [2.75, 3.05) is 31.1 Å². The Bertz CT molecular complexity index is 1320. The van der Waals surface area contributed by atoms with Gasteiger partial charge in [0.15, 0.2) is 5.82 Å². The second-order valence-corrected chi connectivity index (χ2v) is 8.19. The molecule has 0 radical (unpaired) electrons. The van der Waals surface area contributed by atoms with Crippen LogP contribution in [0.1, 0.15) is 15.9 Å². The number of carbonyl (C=O) groups is 1. The Morgan fingerprint density at radius 1 is 0.857 bits per heavy atom. The van der Waals surface area contributed by atoms with Crippen molar-refractivity contribution in [2.45, 2.75) is 6.18 Å². The van der Waals surface area contributed by atoms with Crippen molar-refractivity contribution < 1.29 is 22.4 Å². The highest BCUT2D eigenvalue weighted by Crippen LogP contribution is 2.32. The molecule has 3 heterocycles. The number of benzene rings is 2. The highest BCUT2D eigenvalue weighted by atomic mass is 19.4. The van der Waals surface area contributed by atoms with Crippen molar-refractivity contribution in [3.8, 4) is 11.5 Å². The minimum absolute atomic E-state index is 0.231. The predicted octanol–water partition coefficient (Wildman–Crippen LogP) is 4.78. The van der Waals surface area contributed by atoms with Gasteiger partial charge in [0.1, 0.15) is 11.4 Å². The maximum Gasteiger partial charge on any atom is 0.416 e. The lowest BCUT2D eigenvalue weighted by molar-refractivity contribution is -0.137. The monoisotopic (exact) mass is 483 g/mol. The van der Waals surface area contributed by atoms with E-state index in [9.17, 15) is 22.4 Å². The van der Waals surface area contributed by atoms with Crippen LogP contribution < -0.4 is 4.90 Å². The Kier molecular flexibility index (Phi) is 5.80. The van der Waals surface area contributed by atoms with Crippen LogP contribution in [0.15, 0.2) is 79.3 Å². The summed E-state index contributed by atoms with van der Waals surface area (Å²) >= 11 is 0. The van der Waals surface area contributed by atoms with Crippen molar-refractivity contribution in [3.63, 3.8) is 0 Å². The number of nitrogens with zero attached hydrogens (tertiary/aromatic N) is 5. The standard InChI is InChI=1S/C25H21F4N5O/c26-19-6-8-20(9-7-19)34-23(32-10-1-2-11-32)22(17-30-34)24(35)33-14-12-31(13-15-33)21-5-3-4-18(16-21)25(27,28)29/h1-11,16-17H,12-15H2. The number of alkyl halides is 3. The first-order valence-corrected chi connectivity index (χ1v) is 11.0. The Morgan fingerprint density at radius 3 is 2.20 bits per heavy atom. The van der Waals surface area contributed by atoms with Crippen LogP contribution in [0.2, 0.25) is 0 Å². The molecule has 6 nitrogen and oxygen atoms in total. The molecule has 1 saturated heterocycles. The number of anilines is 1. The van der Waals surface area contributed by atoms with Gasteiger partial charge in [0, 0.05) is 44.3 Å². The number of carbonyl (C=O) groups excluding carboxylic acids is 1. The van der Waals surface area contributed by atoms with E-state index in [1.807, 2.05) is 17.0 Å². The van der Waals surface area contributed by atoms with E-state index in [1.54, 1.807) is 44.7 Å². The molecule has 1 aliphatic rings. The van der Waals surface area contributed by atoms with Crippen LogP contribution >= 0.6 is 0 Å². The number of hydrogen-bond acceptors (Lipinski definition) is 3. The summed E-state index contributed by atoms with van der Waals surface area (Å²) in [4.78, 5) is 17.0. The zero-order valence-corrected chi connectivity index (χ0v) is 18.5. The van der Waals surface area contributed by atoms with Gasteiger partial charge >= 0.3 is 6.18 Å². The number of rotatable bonds is 4. The topological polar surface area (TPSA) is 46.3 Å². The van der Waals surface area contributed by atoms with Crippen LogP contribution in [-0.4, -0.2) is 51.3 Å². The average Bonchev–Trinajstić information content (AvgIpc) is 3.54. The van der Waals surface area contributed by atoms with Gasteiger partial charge in [0.05, 0.1) is 17.4 Å². The van der Waals surface area contributed by atoms with Crippen LogP contribution in [0.5, 0.6) is 0 Å². The molecule has 1 aliphatic heterocycles. The van der Waals surface area contributed by atoms with E-state index in [0.717, 1.165) is 12.1 Å². The van der Waals surface area contributed by atoms with Gasteiger partial charge in [-0.1, -0.05) is 6.07 Å². The largest absolute Gasteiger partial charge is 0.416 e. The van der Waals surface area contributed by atoms with Crippen molar-refractivity contribution in [3.05, 3.63) is 96.2 Å². The first-order chi connectivity index (χ1) is 16.8. The van der Waals surface area contributed by atoms with Gasteiger partial charge in [0.2, 0.25) is 0 Å². The molecule has 0 saturated carbocycles. The number of hydrogen-bond donors (Lipinski definition) is 0. The Morgan fingerprint density at radius 2 is 1.54 bits per heavy atom. The third kappa shape index (κ3) is 4.51. The first kappa shape index (κ1) is 22.7. The predicted molar refractivity (Wildman–Crippen MR) is 122 cm³/mol. The fourth-order valence-electron chi connectivity index (χ4n) is 4.21. The molecular weight excluding hydrogens is 462 g/mol. The minimum Gasteiger partial charge on any atom is -0.368 e. The summed E-state index contributed by atoms with van der Waals surface area (Å²) in [5.74, 6) is -0.0870. The van der Waals surface area contributed by atoms with E-state index in [-0.39, 0.29) is 11.7 Å². The van der Waals surface area contributed by atoms with Gasteiger partial charge < -0.3 is 14.4 Å². The van der Waals surface area contributed by atoms with Gasteiger partial charge in [-0.3, -0.25) is 4.79 Å². The quantitative estimate of drug-likeness (QED) is 0.393. The van der Waals surface area contributed by atoms with E-state index in [1.165, 1.54) is 24.4 Å². The minimum atomic E-state index is -4.41. The zero-order chi connectivity index (χ0) is 24.6. The Balaban J connectivity index is 1.38. The molecule has 0 spiro atoms. The third-order valence-corrected chi connectivity index (χ3v) is 6.00. The summed E-state index contributed by atoms with van der Waals surface area (Å²) in [7, 11) is 0. The lowest BCUT2D eigenvalue weighted by Gasteiger charge is -2.36. The second-order valence-electron chi connectivity index (χ2n) is 8.19. The lowest BCUT2D eigenvalue weighted by atomic mass is 10.1. The molecule has 5 rings (SSSR count). The second kappa shape index (κ2) is 8.94. The fourth-order valence-corrected chi connectivity index (χ4v) is 4.21. The molecule has 35 heavy (non-hydrogen) atoms. The van der Waals surface area contributed by atoms with Crippen molar-refractivity contribution in [1.29, 1.82) is 0 Å². The van der Waals surface area contributed by atoms with Gasteiger partial charge in [-0.15, -0.1) is 0 Å². The summed E-state index contributed by atoms with van der Waals surface area (Å²) in [6.07, 6.45) is 0.659. The SMILES string of the molecule is O=C(c1cnn(-c2ccc(F)cc2)c1-n1cccc1)N1CCN(c2cccc(C(F)(F)F)c2)CC1. The van der Waals surface area contributed by atoms with Gasteiger partial charge in [-0.2, -0.15) is 18.3 Å². The van der Waals surface area contributed by atoms with E-state index in [2.05, 4.69) is 5.10 Å². The van der Waals surface area contributed by atoms with Crippen LogP contribution in [0.3, 0.4) is 0 Å². The van der Waals surface area contributed by atoms with Gasteiger partial charge in [-0.25, -0.2) is 9.07 Å². The first-order valence-electron chi connectivity index (χ1n) is 11.0. The molecule has 180 valence electrons. The Labute approximate surface area is 198 Å². The van der Waals surface area contributed by atoms with Crippen LogP contribution in [-0.2, 0) is 6.18 Å². The smallest absolute Gasteiger partial charge is 0.368 e. The van der Waals surface area contributed by atoms with Crippen molar-refractivity contribution in [1.82, 2.24) is 19.2 Å². The van der Waals surface area contributed by atoms with Crippen LogP contribution in [0.25, 0.3) is 11.5 Å². The number of amides is 1. The average molecular weight is 483 g/mol. The molecule has 0 unspecified atom stereocenters. The molecule has 10 heteroatoms. The molecule has 0 aliphatic carbocycles. The van der Waals surface area contributed by atoms with E-state index in [4.69, 9.17) is 0 Å². The molecule has 1 amide bonds. The van der Waals surface area contributed by atoms with Gasteiger partial charge in [-0.05, 0) is 54.6 Å². The van der Waals surface area contributed by atoms with Gasteiger partial charge in [0.25, 0.3) is 5.91 Å². The number of aromatic nitrogens is 3. The maximum atomic E-state index is 13.5. The highest BCUT2D eigenvalue weighted by molar-refractivity contribution is 5.97. The molecular formula is C25H21F4N5O. The summed E-state index contributed by atoms with van der Waals surface area (Å²) in [6.45, 7) is 1.50. The molecule has 2 aromatic heterocycles. The van der Waals surface area contributed by atoms with Crippen LogP contribution in [0, 0.1) is 5.82 Å². The fraction of sp³-hybridized carbons (Fsp3) is 0.200. The normalized spacial score (nSPS) is 14.4. The summed E-state index contributed by atoms with van der Waals surface area (Å²) < 4.78 is 56.0. The molecule has 1 fully saturated rings. The molecule has 0 bridgehead atoms. The van der Waals surface area contributed by atoms with Crippen molar-refractivity contribution in [2.24, 2.45) is 0 Å². The summed E-state index contributed by atoms with van der Waals surface area (Å²) in [5, 5.41) is 4.39. The lowest BCUT2D eigenvalue weighted by Crippen LogP contribution is -2.49. The Hall–Kier alpha value is -4.08. The zero-order valence-electron chi connectivity index (χ0n) is 18.5. The maximum absolute atomic E-state index is 13.5. The molecule has 0 atom stereocenters. The van der Waals surface area contributed by atoms with Crippen LogP contribution in [0.4, 0.5) is 23.2 Å². The molecule has 4 aromatic rings. The molecule has 2 aromatic carbocycles. The summed E-state index contributed by atoms with van der Waals surface area (Å²) in [6, 6.07) is 14.7.